The zero-order valence-corrected chi connectivity index (χ0v) is 15.4. The van der Waals surface area contributed by atoms with Crippen molar-refractivity contribution in [2.45, 2.75) is 5.37 Å². The maximum Gasteiger partial charge on any atom is 0.255 e. The summed E-state index contributed by atoms with van der Waals surface area (Å²) in [5.41, 5.74) is 1.65. The van der Waals surface area contributed by atoms with E-state index in [9.17, 15) is 4.79 Å². The lowest BCUT2D eigenvalue weighted by molar-refractivity contribution is 0.0759. The number of carbonyl (C=O) groups is 1. The fourth-order valence-electron chi connectivity index (χ4n) is 2.73. The normalized spacial score (nSPS) is 17.0. The molecule has 0 spiro atoms. The molecule has 1 aliphatic rings. The Kier molecular flexibility index (Phi) is 5.20. The average molecular weight is 365 g/mol. The van der Waals surface area contributed by atoms with Gasteiger partial charge in [-0.3, -0.25) is 4.79 Å². The summed E-state index contributed by atoms with van der Waals surface area (Å²) in [7, 11) is 4.81. The van der Waals surface area contributed by atoms with E-state index in [1.807, 2.05) is 27.8 Å². The Labute approximate surface area is 149 Å². The van der Waals surface area contributed by atoms with Crippen LogP contribution >= 0.6 is 23.1 Å². The fraction of sp³-hybridized carbons (Fsp3) is 0.353. The van der Waals surface area contributed by atoms with E-state index < -0.39 is 0 Å². The summed E-state index contributed by atoms with van der Waals surface area (Å²) in [6, 6.07) is 5.56. The topological polar surface area (TPSA) is 48.0 Å². The Bertz CT molecular complexity index is 718. The van der Waals surface area contributed by atoms with Crippen molar-refractivity contribution >= 4 is 29.0 Å². The second-order valence-corrected chi connectivity index (χ2v) is 7.15. The Morgan fingerprint density at radius 1 is 1.12 bits per heavy atom. The quantitative estimate of drug-likeness (QED) is 0.809. The van der Waals surface area contributed by atoms with Crippen molar-refractivity contribution in [1.82, 2.24) is 4.90 Å². The van der Waals surface area contributed by atoms with E-state index in [0.29, 0.717) is 23.8 Å². The predicted octanol–water partition coefficient (Wildman–Crippen LogP) is 3.66. The molecule has 2 aromatic rings. The molecular formula is C17H19NO4S2. The first-order valence-corrected chi connectivity index (χ1v) is 9.43. The lowest BCUT2D eigenvalue weighted by Crippen LogP contribution is -2.30. The van der Waals surface area contributed by atoms with Crippen LogP contribution in [0.4, 0.5) is 0 Å². The molecule has 1 aliphatic heterocycles. The number of amides is 1. The molecule has 0 saturated carbocycles. The lowest BCUT2D eigenvalue weighted by Gasteiger charge is -2.26. The molecule has 1 fully saturated rings. The minimum Gasteiger partial charge on any atom is -0.496 e. The highest BCUT2D eigenvalue weighted by atomic mass is 32.2. The Balaban J connectivity index is 1.98. The zero-order chi connectivity index (χ0) is 17.1. The van der Waals surface area contributed by atoms with Gasteiger partial charge in [0.05, 0.1) is 26.9 Å². The average Bonchev–Trinajstić information content (AvgIpc) is 3.31. The number of ether oxygens (including phenoxy) is 3. The minimum absolute atomic E-state index is 0.0445. The predicted molar refractivity (Wildman–Crippen MR) is 96.7 cm³/mol. The molecule has 2 heterocycles. The van der Waals surface area contributed by atoms with Gasteiger partial charge in [0, 0.05) is 29.3 Å². The van der Waals surface area contributed by atoms with E-state index in [4.69, 9.17) is 14.2 Å². The van der Waals surface area contributed by atoms with Gasteiger partial charge in [-0.05, 0) is 17.5 Å². The molecule has 0 bridgehead atoms. The molecule has 0 N–H and O–H groups in total. The summed E-state index contributed by atoms with van der Waals surface area (Å²) in [6.07, 6.45) is 0. The zero-order valence-electron chi connectivity index (χ0n) is 13.8. The fourth-order valence-corrected chi connectivity index (χ4v) is 4.63. The Morgan fingerprint density at radius 3 is 2.46 bits per heavy atom. The van der Waals surface area contributed by atoms with Gasteiger partial charge in [0.15, 0.2) is 11.5 Å². The monoisotopic (exact) mass is 365 g/mol. The third-order valence-corrected chi connectivity index (χ3v) is 5.85. The van der Waals surface area contributed by atoms with Gasteiger partial charge in [0.25, 0.3) is 5.91 Å². The number of benzene rings is 1. The highest BCUT2D eigenvalue weighted by molar-refractivity contribution is 7.99. The van der Waals surface area contributed by atoms with E-state index in [0.717, 1.165) is 16.9 Å². The molecule has 1 amide bonds. The van der Waals surface area contributed by atoms with Gasteiger partial charge < -0.3 is 19.1 Å². The number of thiophene rings is 1. The number of hydrogen-bond acceptors (Lipinski definition) is 6. The van der Waals surface area contributed by atoms with Crippen LogP contribution < -0.4 is 14.2 Å². The molecule has 1 saturated heterocycles. The summed E-state index contributed by atoms with van der Waals surface area (Å²) in [5.74, 6) is 2.86. The first kappa shape index (κ1) is 17.0. The highest BCUT2D eigenvalue weighted by Gasteiger charge is 2.34. The van der Waals surface area contributed by atoms with E-state index >= 15 is 0 Å². The third-order valence-electron chi connectivity index (χ3n) is 3.92. The van der Waals surface area contributed by atoms with Crippen LogP contribution in [-0.2, 0) is 0 Å². The van der Waals surface area contributed by atoms with Crippen molar-refractivity contribution in [3.05, 3.63) is 40.1 Å². The van der Waals surface area contributed by atoms with Crippen molar-refractivity contribution in [3.63, 3.8) is 0 Å². The maximum absolute atomic E-state index is 12.8. The van der Waals surface area contributed by atoms with Gasteiger partial charge >= 0.3 is 0 Å². The van der Waals surface area contributed by atoms with Crippen LogP contribution in [-0.4, -0.2) is 44.4 Å². The standard InChI is InChI=1S/C17H19NO4S2/c1-20-13-9-15(22-3)14(21-2)8-12(13)17-18(5-7-24-17)16(19)11-4-6-23-10-11/h4,6,8-10,17H,5,7H2,1-3H3. The van der Waals surface area contributed by atoms with Crippen molar-refractivity contribution in [3.8, 4) is 17.2 Å². The second kappa shape index (κ2) is 7.36. The maximum atomic E-state index is 12.8. The van der Waals surface area contributed by atoms with E-state index in [-0.39, 0.29) is 11.3 Å². The molecule has 1 unspecified atom stereocenters. The van der Waals surface area contributed by atoms with Gasteiger partial charge in [-0.1, -0.05) is 0 Å². The number of nitrogens with zero attached hydrogens (tertiary/aromatic N) is 1. The smallest absolute Gasteiger partial charge is 0.255 e. The van der Waals surface area contributed by atoms with Crippen molar-refractivity contribution in [1.29, 1.82) is 0 Å². The number of methoxy groups -OCH3 is 3. The van der Waals surface area contributed by atoms with Crippen LogP contribution in [0.5, 0.6) is 17.2 Å². The third kappa shape index (κ3) is 3.06. The molecule has 1 aromatic heterocycles. The van der Waals surface area contributed by atoms with Gasteiger partial charge in [-0.15, -0.1) is 11.8 Å². The molecule has 24 heavy (non-hydrogen) atoms. The summed E-state index contributed by atoms with van der Waals surface area (Å²) in [5, 5.41) is 3.70. The molecule has 1 atom stereocenters. The van der Waals surface area contributed by atoms with E-state index in [1.54, 1.807) is 39.2 Å². The molecule has 128 valence electrons. The molecule has 7 heteroatoms. The van der Waals surface area contributed by atoms with Crippen molar-refractivity contribution in [2.75, 3.05) is 33.6 Å². The summed E-state index contributed by atoms with van der Waals surface area (Å²) < 4.78 is 16.3. The van der Waals surface area contributed by atoms with Crippen molar-refractivity contribution in [2.24, 2.45) is 0 Å². The number of rotatable bonds is 5. The van der Waals surface area contributed by atoms with Crippen LogP contribution in [0.3, 0.4) is 0 Å². The second-order valence-electron chi connectivity index (χ2n) is 5.18. The number of carbonyl (C=O) groups excluding carboxylic acids is 1. The van der Waals surface area contributed by atoms with Crippen LogP contribution in [0.2, 0.25) is 0 Å². The first-order valence-electron chi connectivity index (χ1n) is 7.44. The molecule has 5 nitrogen and oxygen atoms in total. The molecule has 3 rings (SSSR count). The van der Waals surface area contributed by atoms with E-state index in [2.05, 4.69) is 0 Å². The summed E-state index contributed by atoms with van der Waals surface area (Å²) in [6.45, 7) is 0.710. The van der Waals surface area contributed by atoms with E-state index in [1.165, 1.54) is 11.3 Å². The van der Waals surface area contributed by atoms with Gasteiger partial charge in [-0.25, -0.2) is 0 Å². The summed E-state index contributed by atoms with van der Waals surface area (Å²) in [4.78, 5) is 14.7. The van der Waals surface area contributed by atoms with Gasteiger partial charge in [0.1, 0.15) is 11.1 Å². The molecular weight excluding hydrogens is 346 g/mol. The number of thioether (sulfide) groups is 1. The van der Waals surface area contributed by atoms with Crippen LogP contribution in [0.15, 0.2) is 29.0 Å². The van der Waals surface area contributed by atoms with Crippen LogP contribution in [0, 0.1) is 0 Å². The summed E-state index contributed by atoms with van der Waals surface area (Å²) >= 11 is 3.25. The lowest BCUT2D eigenvalue weighted by atomic mass is 10.1. The molecule has 1 aromatic carbocycles. The SMILES string of the molecule is COc1cc(OC)c(C2SCCN2C(=O)c2ccsc2)cc1OC. The van der Waals surface area contributed by atoms with Crippen molar-refractivity contribution < 1.29 is 19.0 Å². The minimum atomic E-state index is -0.104. The Hall–Kier alpha value is -1.86. The largest absolute Gasteiger partial charge is 0.496 e. The van der Waals surface area contributed by atoms with Gasteiger partial charge in [-0.2, -0.15) is 11.3 Å². The van der Waals surface area contributed by atoms with Crippen LogP contribution in [0.25, 0.3) is 0 Å². The number of hydrogen-bond donors (Lipinski definition) is 0. The van der Waals surface area contributed by atoms with Crippen LogP contribution in [0.1, 0.15) is 21.3 Å². The first-order chi connectivity index (χ1) is 11.7. The molecule has 0 aliphatic carbocycles. The van der Waals surface area contributed by atoms with Gasteiger partial charge in [0.2, 0.25) is 0 Å². The highest BCUT2D eigenvalue weighted by Crippen LogP contribution is 2.46. The Morgan fingerprint density at radius 2 is 1.83 bits per heavy atom. The molecule has 0 radical (unpaired) electrons.